The van der Waals surface area contributed by atoms with Gasteiger partial charge in [-0.25, -0.2) is 0 Å². The van der Waals surface area contributed by atoms with Crippen molar-refractivity contribution in [2.24, 2.45) is 0 Å². The maximum atomic E-state index is 12.3. The number of likely N-dealkylation sites (N-methyl/N-ethyl adjacent to an activating group) is 1. The first kappa shape index (κ1) is 15.4. The minimum atomic E-state index is 0.175. The molecule has 21 heavy (non-hydrogen) atoms. The lowest BCUT2D eigenvalue weighted by Crippen LogP contribution is -2.29. The number of hydrogen-bond acceptors (Lipinski definition) is 3. The van der Waals surface area contributed by atoms with Crippen LogP contribution in [0.5, 0.6) is 0 Å². The van der Waals surface area contributed by atoms with E-state index in [0.29, 0.717) is 6.54 Å². The number of aryl methyl sites for hydroxylation is 1. The molecule has 0 spiro atoms. The predicted octanol–water partition coefficient (Wildman–Crippen LogP) is 3.35. The Morgan fingerprint density at radius 2 is 1.67 bits per heavy atom. The van der Waals surface area contributed by atoms with Gasteiger partial charge in [0.25, 0.3) is 0 Å². The number of carbonyl (C=O) groups is 1. The van der Waals surface area contributed by atoms with E-state index in [1.54, 1.807) is 12.4 Å². The second-order valence-electron chi connectivity index (χ2n) is 5.13. The van der Waals surface area contributed by atoms with Gasteiger partial charge in [-0.3, -0.25) is 14.7 Å². The van der Waals surface area contributed by atoms with Gasteiger partial charge >= 0.3 is 0 Å². The first-order chi connectivity index (χ1) is 10.2. The van der Waals surface area contributed by atoms with E-state index in [1.165, 1.54) is 11.1 Å². The van der Waals surface area contributed by atoms with Crippen molar-refractivity contribution in [1.82, 2.24) is 9.88 Å². The van der Waals surface area contributed by atoms with Gasteiger partial charge in [-0.05, 0) is 36.2 Å². The Kier molecular flexibility index (Phi) is 5.64. The van der Waals surface area contributed by atoms with Crippen molar-refractivity contribution in [3.63, 3.8) is 0 Å². The van der Waals surface area contributed by atoms with Crippen LogP contribution in [0.4, 0.5) is 0 Å². The maximum absolute atomic E-state index is 12.3. The Hall–Kier alpha value is -2.00. The quantitative estimate of drug-likeness (QED) is 0.730. The summed E-state index contributed by atoms with van der Waals surface area (Å²) in [4.78, 5) is 18.5. The first-order valence-electron chi connectivity index (χ1n) is 7.46. The Bertz CT molecular complexity index is 564. The van der Waals surface area contributed by atoms with Gasteiger partial charge in [0, 0.05) is 24.5 Å². The molecule has 0 aliphatic rings. The van der Waals surface area contributed by atoms with Gasteiger partial charge in [0.15, 0.2) is 5.78 Å². The summed E-state index contributed by atoms with van der Waals surface area (Å²) in [6, 6.07) is 11.9. The van der Waals surface area contributed by atoms with Gasteiger partial charge in [0.2, 0.25) is 0 Å². The van der Waals surface area contributed by atoms with E-state index in [2.05, 4.69) is 23.7 Å². The summed E-state index contributed by atoms with van der Waals surface area (Å²) in [5.41, 5.74) is 3.23. The Morgan fingerprint density at radius 1 is 1.00 bits per heavy atom. The van der Waals surface area contributed by atoms with Gasteiger partial charge in [0.1, 0.15) is 0 Å². The molecule has 0 fully saturated rings. The zero-order chi connectivity index (χ0) is 15.1. The lowest BCUT2D eigenvalue weighted by atomic mass is 10.1. The van der Waals surface area contributed by atoms with Crippen LogP contribution < -0.4 is 0 Å². The summed E-state index contributed by atoms with van der Waals surface area (Å²) in [5, 5.41) is 0. The third-order valence-electron chi connectivity index (χ3n) is 3.65. The van der Waals surface area contributed by atoms with Crippen LogP contribution in [0.25, 0.3) is 0 Å². The number of aromatic nitrogens is 1. The molecule has 2 rings (SSSR count). The molecule has 0 saturated heterocycles. The van der Waals surface area contributed by atoms with Crippen molar-refractivity contribution in [1.29, 1.82) is 0 Å². The average Bonchev–Trinajstić information content (AvgIpc) is 2.55. The molecule has 0 bridgehead atoms. The molecule has 0 aliphatic carbocycles. The monoisotopic (exact) mass is 282 g/mol. The molecule has 110 valence electrons. The zero-order valence-corrected chi connectivity index (χ0v) is 12.7. The third kappa shape index (κ3) is 4.50. The fourth-order valence-electron chi connectivity index (χ4n) is 2.25. The molecule has 0 saturated carbocycles. The van der Waals surface area contributed by atoms with Crippen molar-refractivity contribution >= 4 is 5.78 Å². The van der Waals surface area contributed by atoms with Crippen LogP contribution in [0.3, 0.4) is 0 Å². The van der Waals surface area contributed by atoms with Crippen LogP contribution in [-0.2, 0) is 13.0 Å². The Balaban J connectivity index is 1.98. The number of carbonyl (C=O) groups excluding carboxylic acids is 1. The van der Waals surface area contributed by atoms with Gasteiger partial charge in [-0.2, -0.15) is 0 Å². The normalized spacial score (nSPS) is 10.8. The van der Waals surface area contributed by atoms with Crippen LogP contribution in [0.1, 0.15) is 35.3 Å². The van der Waals surface area contributed by atoms with Crippen molar-refractivity contribution in [2.75, 3.05) is 13.1 Å². The standard InChI is InChI=1S/C18H22N2O/c1-3-15-5-7-17(8-6-15)18(21)14-20(4-2)13-16-9-11-19-12-10-16/h5-12H,3-4,13-14H2,1-2H3. The molecule has 0 amide bonds. The number of Topliss-reactive ketones (excluding diaryl/α,β-unsaturated/α-hetero) is 1. The fraction of sp³-hybridized carbons (Fsp3) is 0.333. The topological polar surface area (TPSA) is 33.2 Å². The van der Waals surface area contributed by atoms with Crippen molar-refractivity contribution in [3.8, 4) is 0 Å². The molecule has 1 aromatic heterocycles. The summed E-state index contributed by atoms with van der Waals surface area (Å²) in [6.45, 7) is 6.27. The molecule has 0 atom stereocenters. The molecule has 1 aromatic carbocycles. The second-order valence-corrected chi connectivity index (χ2v) is 5.13. The zero-order valence-electron chi connectivity index (χ0n) is 12.7. The summed E-state index contributed by atoms with van der Waals surface area (Å²) in [6.07, 6.45) is 4.57. The molecule has 0 radical (unpaired) electrons. The van der Waals surface area contributed by atoms with Crippen LogP contribution in [0.2, 0.25) is 0 Å². The number of rotatable bonds is 7. The Labute approximate surface area is 126 Å². The highest BCUT2D eigenvalue weighted by atomic mass is 16.1. The van der Waals surface area contributed by atoms with Gasteiger partial charge in [-0.1, -0.05) is 38.1 Å². The molecule has 0 unspecified atom stereocenters. The van der Waals surface area contributed by atoms with E-state index >= 15 is 0 Å². The van der Waals surface area contributed by atoms with Crippen molar-refractivity contribution < 1.29 is 4.79 Å². The molecule has 0 aliphatic heterocycles. The van der Waals surface area contributed by atoms with Crippen molar-refractivity contribution in [2.45, 2.75) is 26.8 Å². The molecule has 2 aromatic rings. The molecule has 1 heterocycles. The average molecular weight is 282 g/mol. The minimum absolute atomic E-state index is 0.175. The number of nitrogens with zero attached hydrogens (tertiary/aromatic N) is 2. The lowest BCUT2D eigenvalue weighted by Gasteiger charge is -2.19. The fourth-order valence-corrected chi connectivity index (χ4v) is 2.25. The summed E-state index contributed by atoms with van der Waals surface area (Å²) in [7, 11) is 0. The summed E-state index contributed by atoms with van der Waals surface area (Å²) < 4.78 is 0. The van der Waals surface area contributed by atoms with Crippen LogP contribution in [0, 0.1) is 0 Å². The highest BCUT2D eigenvalue weighted by molar-refractivity contribution is 5.97. The molecule has 3 nitrogen and oxygen atoms in total. The van der Waals surface area contributed by atoms with E-state index in [0.717, 1.165) is 25.1 Å². The van der Waals surface area contributed by atoms with Crippen LogP contribution in [0.15, 0.2) is 48.8 Å². The smallest absolute Gasteiger partial charge is 0.176 e. The van der Waals surface area contributed by atoms with Crippen LogP contribution in [-0.4, -0.2) is 28.8 Å². The van der Waals surface area contributed by atoms with Gasteiger partial charge < -0.3 is 0 Å². The van der Waals surface area contributed by atoms with E-state index in [4.69, 9.17) is 0 Å². The van der Waals surface area contributed by atoms with Crippen molar-refractivity contribution in [3.05, 3.63) is 65.5 Å². The van der Waals surface area contributed by atoms with E-state index in [1.807, 2.05) is 36.4 Å². The molecular formula is C18H22N2O. The van der Waals surface area contributed by atoms with E-state index in [9.17, 15) is 4.79 Å². The third-order valence-corrected chi connectivity index (χ3v) is 3.65. The summed E-state index contributed by atoms with van der Waals surface area (Å²) in [5.74, 6) is 0.175. The highest BCUT2D eigenvalue weighted by Crippen LogP contribution is 2.09. The highest BCUT2D eigenvalue weighted by Gasteiger charge is 2.11. The van der Waals surface area contributed by atoms with Gasteiger partial charge in [-0.15, -0.1) is 0 Å². The van der Waals surface area contributed by atoms with E-state index in [-0.39, 0.29) is 5.78 Å². The largest absolute Gasteiger partial charge is 0.293 e. The summed E-state index contributed by atoms with van der Waals surface area (Å²) >= 11 is 0. The number of ketones is 1. The van der Waals surface area contributed by atoms with E-state index < -0.39 is 0 Å². The molecule has 0 N–H and O–H groups in total. The number of benzene rings is 1. The van der Waals surface area contributed by atoms with Gasteiger partial charge in [0.05, 0.1) is 6.54 Å². The minimum Gasteiger partial charge on any atom is -0.293 e. The van der Waals surface area contributed by atoms with Crippen LogP contribution >= 0.6 is 0 Å². The number of hydrogen-bond donors (Lipinski definition) is 0. The SMILES string of the molecule is CCc1ccc(C(=O)CN(CC)Cc2ccncc2)cc1. The molecular weight excluding hydrogens is 260 g/mol. The Morgan fingerprint density at radius 3 is 2.24 bits per heavy atom. The predicted molar refractivity (Wildman–Crippen MR) is 85.3 cm³/mol. The first-order valence-corrected chi connectivity index (χ1v) is 7.46. The number of pyridine rings is 1. The maximum Gasteiger partial charge on any atom is 0.176 e. The molecule has 3 heteroatoms. The lowest BCUT2D eigenvalue weighted by molar-refractivity contribution is 0.0929. The second kappa shape index (κ2) is 7.70.